The van der Waals surface area contributed by atoms with Crippen molar-refractivity contribution < 1.29 is 14.3 Å². The monoisotopic (exact) mass is 451 g/mol. The standard InChI is InChI=1S/C25H33N5O3/c1-2-28-16-18-29(19-17-28)15-13-26-22(31)11-7-14-30-24-21(10-6-12-27-24)33-23(25(30)32)20-8-4-3-5-9-20/h3-6,8-10,12,23H,2,7,11,13-19H2,1H3,(H,26,31)/t23-/m0/s1. The number of fused-ring (bicyclic) bond motifs is 1. The summed E-state index contributed by atoms with van der Waals surface area (Å²) in [5.74, 6) is 0.961. The van der Waals surface area contributed by atoms with Crippen molar-refractivity contribution in [2.45, 2.75) is 25.9 Å². The highest BCUT2D eigenvalue weighted by Crippen LogP contribution is 2.37. The van der Waals surface area contributed by atoms with Crippen LogP contribution in [0.2, 0.25) is 0 Å². The minimum atomic E-state index is -0.704. The van der Waals surface area contributed by atoms with Crippen LogP contribution >= 0.6 is 0 Å². The fourth-order valence-electron chi connectivity index (χ4n) is 4.32. The van der Waals surface area contributed by atoms with Gasteiger partial charge in [0.25, 0.3) is 5.91 Å². The molecule has 1 saturated heterocycles. The van der Waals surface area contributed by atoms with E-state index in [9.17, 15) is 9.59 Å². The molecular weight excluding hydrogens is 418 g/mol. The maximum Gasteiger partial charge on any atom is 0.274 e. The summed E-state index contributed by atoms with van der Waals surface area (Å²) in [4.78, 5) is 36.4. The van der Waals surface area contributed by atoms with Crippen LogP contribution in [0, 0.1) is 0 Å². The second-order valence-corrected chi connectivity index (χ2v) is 8.45. The van der Waals surface area contributed by atoms with Gasteiger partial charge in [-0.2, -0.15) is 0 Å². The van der Waals surface area contributed by atoms with E-state index in [4.69, 9.17) is 4.74 Å². The van der Waals surface area contributed by atoms with Crippen molar-refractivity contribution in [2.75, 3.05) is 57.3 Å². The van der Waals surface area contributed by atoms with Gasteiger partial charge in [0.15, 0.2) is 11.6 Å². The zero-order valence-corrected chi connectivity index (χ0v) is 19.3. The molecule has 2 aliphatic rings. The molecule has 2 aliphatic heterocycles. The summed E-state index contributed by atoms with van der Waals surface area (Å²) in [6, 6.07) is 13.1. The number of carbonyl (C=O) groups excluding carboxylic acids is 2. The number of amides is 2. The first-order valence-corrected chi connectivity index (χ1v) is 11.8. The molecule has 4 rings (SSSR count). The van der Waals surface area contributed by atoms with Gasteiger partial charge in [0, 0.05) is 64.0 Å². The van der Waals surface area contributed by atoms with Crippen LogP contribution in [0.15, 0.2) is 48.7 Å². The highest BCUT2D eigenvalue weighted by Gasteiger charge is 2.36. The van der Waals surface area contributed by atoms with Crippen LogP contribution in [-0.2, 0) is 9.59 Å². The molecule has 1 fully saturated rings. The van der Waals surface area contributed by atoms with Crippen molar-refractivity contribution >= 4 is 17.6 Å². The second-order valence-electron chi connectivity index (χ2n) is 8.45. The lowest BCUT2D eigenvalue weighted by Crippen LogP contribution is -2.48. The molecule has 1 N–H and O–H groups in total. The lowest BCUT2D eigenvalue weighted by atomic mass is 10.1. The van der Waals surface area contributed by atoms with E-state index in [0.29, 0.717) is 37.5 Å². The van der Waals surface area contributed by atoms with E-state index < -0.39 is 6.10 Å². The van der Waals surface area contributed by atoms with Crippen LogP contribution in [0.5, 0.6) is 5.75 Å². The Morgan fingerprint density at radius 1 is 1.06 bits per heavy atom. The summed E-state index contributed by atoms with van der Waals surface area (Å²) in [6.07, 6.45) is 1.87. The van der Waals surface area contributed by atoms with Gasteiger partial charge >= 0.3 is 0 Å². The Labute approximate surface area is 195 Å². The van der Waals surface area contributed by atoms with Crippen molar-refractivity contribution in [3.63, 3.8) is 0 Å². The molecule has 0 spiro atoms. The summed E-state index contributed by atoms with van der Waals surface area (Å²) >= 11 is 0. The second kappa shape index (κ2) is 11.2. The minimum Gasteiger partial charge on any atom is -0.472 e. The first-order valence-electron chi connectivity index (χ1n) is 11.8. The molecule has 1 aromatic heterocycles. The van der Waals surface area contributed by atoms with Gasteiger partial charge in [-0.1, -0.05) is 37.3 Å². The summed E-state index contributed by atoms with van der Waals surface area (Å²) in [5.41, 5.74) is 0.805. The number of benzene rings is 1. The molecule has 1 aromatic carbocycles. The predicted octanol–water partition coefficient (Wildman–Crippen LogP) is 2.08. The van der Waals surface area contributed by atoms with Gasteiger partial charge < -0.3 is 15.0 Å². The molecule has 3 heterocycles. The molecule has 0 saturated carbocycles. The van der Waals surface area contributed by atoms with Crippen molar-refractivity contribution in [3.05, 3.63) is 54.2 Å². The number of pyridine rings is 1. The van der Waals surface area contributed by atoms with Crippen molar-refractivity contribution in [1.82, 2.24) is 20.1 Å². The van der Waals surface area contributed by atoms with E-state index >= 15 is 0 Å². The van der Waals surface area contributed by atoms with Crippen LogP contribution in [0.3, 0.4) is 0 Å². The van der Waals surface area contributed by atoms with Gasteiger partial charge in [0.05, 0.1) is 0 Å². The number of piperazine rings is 1. The van der Waals surface area contributed by atoms with E-state index in [1.807, 2.05) is 36.4 Å². The molecule has 33 heavy (non-hydrogen) atoms. The van der Waals surface area contributed by atoms with Gasteiger partial charge in [-0.15, -0.1) is 0 Å². The number of hydrogen-bond acceptors (Lipinski definition) is 6. The molecule has 0 bridgehead atoms. The molecule has 0 unspecified atom stereocenters. The van der Waals surface area contributed by atoms with Crippen LogP contribution in [0.1, 0.15) is 31.4 Å². The Morgan fingerprint density at radius 3 is 2.58 bits per heavy atom. The molecule has 0 radical (unpaired) electrons. The number of anilines is 1. The van der Waals surface area contributed by atoms with Crippen LogP contribution in [0.25, 0.3) is 0 Å². The molecule has 1 atom stereocenters. The van der Waals surface area contributed by atoms with E-state index in [1.54, 1.807) is 17.2 Å². The third-order valence-electron chi connectivity index (χ3n) is 6.29. The van der Waals surface area contributed by atoms with Crippen molar-refractivity contribution in [1.29, 1.82) is 0 Å². The zero-order chi connectivity index (χ0) is 23.0. The Bertz CT molecular complexity index is 931. The SMILES string of the molecule is CCN1CCN(CCNC(=O)CCCN2C(=O)[C@H](c3ccccc3)Oc3cccnc32)CC1. The maximum absolute atomic E-state index is 13.2. The average molecular weight is 452 g/mol. The summed E-state index contributed by atoms with van der Waals surface area (Å²) in [7, 11) is 0. The summed E-state index contributed by atoms with van der Waals surface area (Å²) in [6.45, 7) is 9.54. The van der Waals surface area contributed by atoms with Crippen LogP contribution in [0.4, 0.5) is 5.82 Å². The maximum atomic E-state index is 13.2. The third-order valence-corrected chi connectivity index (χ3v) is 6.29. The lowest BCUT2D eigenvalue weighted by Gasteiger charge is -2.34. The van der Waals surface area contributed by atoms with Crippen LogP contribution in [-0.4, -0.2) is 79.0 Å². The molecule has 176 valence electrons. The zero-order valence-electron chi connectivity index (χ0n) is 19.3. The Kier molecular flexibility index (Phi) is 7.91. The molecular formula is C25H33N5O3. The number of nitrogens with one attached hydrogen (secondary N) is 1. The lowest BCUT2D eigenvalue weighted by molar-refractivity contribution is -0.127. The number of ether oxygens (including phenoxy) is 1. The third kappa shape index (κ3) is 5.89. The van der Waals surface area contributed by atoms with Gasteiger partial charge in [-0.25, -0.2) is 4.98 Å². The van der Waals surface area contributed by atoms with Crippen molar-refractivity contribution in [3.8, 4) is 5.75 Å². The van der Waals surface area contributed by atoms with Gasteiger partial charge in [-0.3, -0.25) is 19.4 Å². The Balaban J connectivity index is 1.26. The fraction of sp³-hybridized carbons (Fsp3) is 0.480. The first kappa shape index (κ1) is 23.2. The number of hydrogen-bond donors (Lipinski definition) is 1. The molecule has 8 heteroatoms. The Hall–Kier alpha value is -2.97. The smallest absolute Gasteiger partial charge is 0.274 e. The summed E-state index contributed by atoms with van der Waals surface area (Å²) in [5, 5.41) is 3.02. The van der Waals surface area contributed by atoms with E-state index in [2.05, 4.69) is 27.0 Å². The molecule has 0 aliphatic carbocycles. The average Bonchev–Trinajstić information content (AvgIpc) is 2.86. The predicted molar refractivity (Wildman–Crippen MR) is 127 cm³/mol. The highest BCUT2D eigenvalue weighted by atomic mass is 16.5. The van der Waals surface area contributed by atoms with E-state index in [-0.39, 0.29) is 11.8 Å². The normalized spacial score (nSPS) is 19.1. The topological polar surface area (TPSA) is 78.0 Å². The number of carbonyl (C=O) groups is 2. The first-order chi connectivity index (χ1) is 16.2. The molecule has 2 amide bonds. The fourth-order valence-corrected chi connectivity index (χ4v) is 4.32. The number of aromatic nitrogens is 1. The Morgan fingerprint density at radius 2 is 1.82 bits per heavy atom. The minimum absolute atomic E-state index is 0.0174. The van der Waals surface area contributed by atoms with Crippen molar-refractivity contribution in [2.24, 2.45) is 0 Å². The highest BCUT2D eigenvalue weighted by molar-refractivity contribution is 5.99. The quantitative estimate of drug-likeness (QED) is 0.629. The van der Waals surface area contributed by atoms with E-state index in [1.165, 1.54) is 0 Å². The number of nitrogens with zero attached hydrogens (tertiary/aromatic N) is 4. The van der Waals surface area contributed by atoms with Gasteiger partial charge in [0.1, 0.15) is 0 Å². The molecule has 2 aromatic rings. The van der Waals surface area contributed by atoms with Gasteiger partial charge in [0.2, 0.25) is 12.0 Å². The largest absolute Gasteiger partial charge is 0.472 e. The number of likely N-dealkylation sites (N-methyl/N-ethyl adjacent to an activating group) is 1. The van der Waals surface area contributed by atoms with Crippen LogP contribution < -0.4 is 15.0 Å². The molecule has 8 nitrogen and oxygen atoms in total. The summed E-state index contributed by atoms with van der Waals surface area (Å²) < 4.78 is 5.97. The van der Waals surface area contributed by atoms with E-state index in [0.717, 1.165) is 44.8 Å². The number of rotatable bonds is 9. The van der Waals surface area contributed by atoms with Gasteiger partial charge in [-0.05, 0) is 25.1 Å².